The van der Waals surface area contributed by atoms with Crippen molar-refractivity contribution in [3.63, 3.8) is 0 Å². The third kappa shape index (κ3) is 5.16. The Morgan fingerprint density at radius 1 is 1.10 bits per heavy atom. The Labute approximate surface area is 134 Å². The average Bonchev–Trinajstić information content (AvgIpc) is 2.40. The summed E-state index contributed by atoms with van der Waals surface area (Å²) in [5, 5.41) is 12.5. The van der Waals surface area contributed by atoms with E-state index in [-0.39, 0.29) is 5.54 Å². The minimum absolute atomic E-state index is 0.0354. The molecule has 0 unspecified atom stereocenters. The maximum absolute atomic E-state index is 6.04. The van der Waals surface area contributed by atoms with Crippen molar-refractivity contribution < 1.29 is 4.74 Å². The van der Waals surface area contributed by atoms with Crippen LogP contribution in [0.1, 0.15) is 26.5 Å². The van der Waals surface area contributed by atoms with Crippen LogP contribution in [-0.4, -0.2) is 15.7 Å². The highest BCUT2D eigenvalue weighted by Gasteiger charge is 2.10. The smallest absolute Gasteiger partial charge is 0.238 e. The second-order valence-electron chi connectivity index (χ2n) is 5.64. The highest BCUT2D eigenvalue weighted by molar-refractivity contribution is 6.35. The molecule has 0 amide bonds. The number of hydrogen-bond donors (Lipinski definition) is 1. The number of ether oxygens (including phenoxy) is 1. The van der Waals surface area contributed by atoms with Crippen LogP contribution in [0, 0.1) is 0 Å². The minimum Gasteiger partial charge on any atom is -0.436 e. The van der Waals surface area contributed by atoms with Crippen LogP contribution in [0.2, 0.25) is 10.0 Å². The van der Waals surface area contributed by atoms with Gasteiger partial charge in [-0.05, 0) is 45.0 Å². The first-order chi connectivity index (χ1) is 9.83. The Morgan fingerprint density at radius 3 is 2.43 bits per heavy atom. The zero-order chi connectivity index (χ0) is 15.5. The van der Waals surface area contributed by atoms with Crippen molar-refractivity contribution in [3.05, 3.63) is 46.1 Å². The molecule has 0 atom stereocenters. The van der Waals surface area contributed by atoms with Crippen LogP contribution < -0.4 is 10.1 Å². The molecule has 0 spiro atoms. The first-order valence-corrected chi connectivity index (χ1v) is 7.30. The summed E-state index contributed by atoms with van der Waals surface area (Å²) in [5.41, 5.74) is 0.882. The molecule has 0 fully saturated rings. The molecular weight excluding hydrogens is 309 g/mol. The second-order valence-corrected chi connectivity index (χ2v) is 6.49. The zero-order valence-corrected chi connectivity index (χ0v) is 13.7. The normalized spacial score (nSPS) is 11.5. The average molecular weight is 326 g/mol. The number of aromatic nitrogens is 2. The number of rotatable bonds is 4. The summed E-state index contributed by atoms with van der Waals surface area (Å²) in [7, 11) is 0. The van der Waals surface area contributed by atoms with E-state index in [2.05, 4.69) is 36.3 Å². The summed E-state index contributed by atoms with van der Waals surface area (Å²) in [6, 6.07) is 8.65. The van der Waals surface area contributed by atoms with Crippen LogP contribution in [0.3, 0.4) is 0 Å². The fraction of sp³-hybridized carbons (Fsp3) is 0.333. The van der Waals surface area contributed by atoms with Crippen molar-refractivity contribution in [1.82, 2.24) is 15.5 Å². The monoisotopic (exact) mass is 325 g/mol. The Hall–Kier alpha value is -1.36. The lowest BCUT2D eigenvalue weighted by molar-refractivity contribution is 0.416. The molecule has 0 bridgehead atoms. The lowest BCUT2D eigenvalue weighted by Crippen LogP contribution is -2.35. The van der Waals surface area contributed by atoms with Crippen molar-refractivity contribution >= 4 is 23.2 Å². The van der Waals surface area contributed by atoms with Crippen LogP contribution in [0.15, 0.2) is 30.3 Å². The van der Waals surface area contributed by atoms with E-state index in [0.29, 0.717) is 28.2 Å². The number of benzene rings is 1. The predicted molar refractivity (Wildman–Crippen MR) is 85.2 cm³/mol. The number of nitrogens with zero attached hydrogens (tertiary/aromatic N) is 2. The summed E-state index contributed by atoms with van der Waals surface area (Å²) in [5.74, 6) is 0.884. The lowest BCUT2D eigenvalue weighted by atomic mass is 10.1. The molecular formula is C15H17Cl2N3O. The summed E-state index contributed by atoms with van der Waals surface area (Å²) in [6.07, 6.45) is 0. The van der Waals surface area contributed by atoms with Gasteiger partial charge in [-0.15, -0.1) is 5.10 Å². The summed E-state index contributed by atoms with van der Waals surface area (Å²) in [4.78, 5) is 0. The number of halogens is 2. The Morgan fingerprint density at radius 2 is 1.86 bits per heavy atom. The van der Waals surface area contributed by atoms with Gasteiger partial charge in [0.2, 0.25) is 5.88 Å². The van der Waals surface area contributed by atoms with E-state index in [4.69, 9.17) is 27.9 Å². The topological polar surface area (TPSA) is 47.0 Å². The number of hydrogen-bond acceptors (Lipinski definition) is 4. The molecule has 1 aromatic heterocycles. The van der Waals surface area contributed by atoms with E-state index in [0.717, 1.165) is 5.69 Å². The summed E-state index contributed by atoms with van der Waals surface area (Å²) in [6.45, 7) is 6.94. The van der Waals surface area contributed by atoms with Crippen LogP contribution in [0.5, 0.6) is 11.6 Å². The molecule has 0 aliphatic carbocycles. The first kappa shape index (κ1) is 16.0. The third-order valence-electron chi connectivity index (χ3n) is 2.60. The molecule has 2 aromatic rings. The molecule has 1 aromatic carbocycles. The zero-order valence-electron chi connectivity index (χ0n) is 12.2. The maximum Gasteiger partial charge on any atom is 0.238 e. The minimum atomic E-state index is 0.0354. The molecule has 0 saturated carbocycles. The van der Waals surface area contributed by atoms with Gasteiger partial charge in [-0.2, -0.15) is 5.10 Å². The molecule has 6 heteroatoms. The molecule has 0 radical (unpaired) electrons. The summed E-state index contributed by atoms with van der Waals surface area (Å²) < 4.78 is 5.58. The molecule has 2 rings (SSSR count). The predicted octanol–water partition coefficient (Wildman–Crippen LogP) is 4.46. The standard InChI is InChI=1S/C15H17Cl2N3O/c1-15(2,3)18-9-11-5-7-14(20-19-11)21-13-6-4-10(16)8-12(13)17/h4-8,18H,9H2,1-3H3. The Bertz CT molecular complexity index is 609. The van der Waals surface area contributed by atoms with Crippen molar-refractivity contribution in [3.8, 4) is 11.6 Å². The highest BCUT2D eigenvalue weighted by atomic mass is 35.5. The van der Waals surface area contributed by atoms with Gasteiger partial charge in [0.1, 0.15) is 5.75 Å². The van der Waals surface area contributed by atoms with Gasteiger partial charge in [0.05, 0.1) is 10.7 Å². The molecule has 1 N–H and O–H groups in total. The first-order valence-electron chi connectivity index (χ1n) is 6.54. The molecule has 0 saturated heterocycles. The molecule has 0 aliphatic rings. The molecule has 112 valence electrons. The van der Waals surface area contributed by atoms with E-state index in [9.17, 15) is 0 Å². The van der Waals surface area contributed by atoms with Crippen LogP contribution >= 0.6 is 23.2 Å². The molecule has 4 nitrogen and oxygen atoms in total. The van der Waals surface area contributed by atoms with Crippen molar-refractivity contribution in [1.29, 1.82) is 0 Å². The van der Waals surface area contributed by atoms with E-state index in [1.54, 1.807) is 24.3 Å². The van der Waals surface area contributed by atoms with Gasteiger partial charge in [0.25, 0.3) is 0 Å². The van der Waals surface area contributed by atoms with E-state index >= 15 is 0 Å². The van der Waals surface area contributed by atoms with Gasteiger partial charge < -0.3 is 10.1 Å². The van der Waals surface area contributed by atoms with E-state index < -0.39 is 0 Å². The van der Waals surface area contributed by atoms with Gasteiger partial charge in [-0.3, -0.25) is 0 Å². The van der Waals surface area contributed by atoms with Crippen LogP contribution in [0.25, 0.3) is 0 Å². The molecule has 1 heterocycles. The van der Waals surface area contributed by atoms with Gasteiger partial charge in [-0.1, -0.05) is 23.2 Å². The highest BCUT2D eigenvalue weighted by Crippen LogP contribution is 2.30. The van der Waals surface area contributed by atoms with Gasteiger partial charge >= 0.3 is 0 Å². The SMILES string of the molecule is CC(C)(C)NCc1ccc(Oc2ccc(Cl)cc2Cl)nn1. The van der Waals surface area contributed by atoms with E-state index in [1.807, 2.05) is 6.07 Å². The Kier molecular flexibility index (Phi) is 5.04. The van der Waals surface area contributed by atoms with Gasteiger partial charge in [-0.25, -0.2) is 0 Å². The van der Waals surface area contributed by atoms with Crippen LogP contribution in [-0.2, 0) is 6.54 Å². The number of nitrogens with one attached hydrogen (secondary N) is 1. The second kappa shape index (κ2) is 6.60. The molecule has 21 heavy (non-hydrogen) atoms. The van der Waals surface area contributed by atoms with Crippen LogP contribution in [0.4, 0.5) is 0 Å². The largest absolute Gasteiger partial charge is 0.436 e. The van der Waals surface area contributed by atoms with Gasteiger partial charge in [0.15, 0.2) is 0 Å². The van der Waals surface area contributed by atoms with Crippen molar-refractivity contribution in [2.24, 2.45) is 0 Å². The quantitative estimate of drug-likeness (QED) is 0.901. The van der Waals surface area contributed by atoms with Crippen molar-refractivity contribution in [2.45, 2.75) is 32.9 Å². The van der Waals surface area contributed by atoms with E-state index in [1.165, 1.54) is 0 Å². The molecule has 0 aliphatic heterocycles. The van der Waals surface area contributed by atoms with Crippen molar-refractivity contribution in [2.75, 3.05) is 0 Å². The fourth-order valence-electron chi connectivity index (χ4n) is 1.52. The summed E-state index contributed by atoms with van der Waals surface area (Å²) >= 11 is 11.9. The van der Waals surface area contributed by atoms with Gasteiger partial charge in [0, 0.05) is 23.2 Å². The lowest BCUT2D eigenvalue weighted by Gasteiger charge is -2.19. The fourth-order valence-corrected chi connectivity index (χ4v) is 1.97. The third-order valence-corrected chi connectivity index (χ3v) is 3.13. The Balaban J connectivity index is 2.02. The maximum atomic E-state index is 6.04.